The molecule has 1 aliphatic rings. The maximum absolute atomic E-state index is 12.4. The molecule has 1 rings (SSSR count). The Balaban J connectivity index is 2.33. The number of hydrogen-bond donors (Lipinski definition) is 4. The number of phosphoric acid groups is 1. The fraction of sp³-hybridized carbons (Fsp3) is 0.651. The van der Waals surface area contributed by atoms with E-state index in [0.717, 1.165) is 70.6 Å². The van der Waals surface area contributed by atoms with Gasteiger partial charge in [-0.15, -0.1) is 0 Å². The van der Waals surface area contributed by atoms with E-state index in [-0.39, 0.29) is 31.0 Å². The Labute approximate surface area is 329 Å². The highest BCUT2D eigenvalue weighted by Crippen LogP contribution is 2.36. The maximum Gasteiger partial charge on any atom is 0.469 e. The van der Waals surface area contributed by atoms with Crippen LogP contribution in [-0.4, -0.2) is 69.2 Å². The average molecular weight is 793 g/mol. The van der Waals surface area contributed by atoms with E-state index in [1.807, 2.05) is 12.2 Å². The molecule has 312 valence electrons. The molecule has 12 heteroatoms. The molecule has 0 saturated heterocycles. The number of phosphoric ester groups is 1. The molecule has 0 bridgehead atoms. The Morgan fingerprint density at radius 3 is 2.07 bits per heavy atom. The van der Waals surface area contributed by atoms with E-state index in [0.29, 0.717) is 32.1 Å². The molecule has 55 heavy (non-hydrogen) atoms. The Morgan fingerprint density at radius 1 is 0.782 bits per heavy atom. The minimum Gasteiger partial charge on any atom is -0.462 e. The van der Waals surface area contributed by atoms with Crippen LogP contribution in [0.15, 0.2) is 72.9 Å². The van der Waals surface area contributed by atoms with Gasteiger partial charge in [0, 0.05) is 31.1 Å². The topological polar surface area (TPSA) is 177 Å². The summed E-state index contributed by atoms with van der Waals surface area (Å²) in [6, 6.07) is 0. The molecule has 0 heterocycles. The van der Waals surface area contributed by atoms with Crippen molar-refractivity contribution >= 4 is 25.5 Å². The molecule has 4 N–H and O–H groups in total. The van der Waals surface area contributed by atoms with Gasteiger partial charge in [-0.2, -0.15) is 0 Å². The lowest BCUT2D eigenvalue weighted by Crippen LogP contribution is -2.29. The molecule has 11 nitrogen and oxygen atoms in total. The Morgan fingerprint density at radius 2 is 1.40 bits per heavy atom. The van der Waals surface area contributed by atoms with Gasteiger partial charge in [0.25, 0.3) is 0 Å². The highest BCUT2D eigenvalue weighted by atomic mass is 31.2. The molecule has 0 spiro atoms. The zero-order valence-corrected chi connectivity index (χ0v) is 34.2. The van der Waals surface area contributed by atoms with Crippen LogP contribution in [0.2, 0.25) is 0 Å². The van der Waals surface area contributed by atoms with Crippen molar-refractivity contribution in [2.24, 2.45) is 11.8 Å². The SMILES string of the molecule is CC/C=C\C/C=C\C/C=C\C/C=C\CCCCCCC(=O)O[C@H](COC(=O)CCC/C=C\C[C@H]1[C@@H](O)CC(=O)[C@@H]1/C=C/[C@@H](O)CCCCC)COP(=O)(O)O. The summed E-state index contributed by atoms with van der Waals surface area (Å²) >= 11 is 0. The van der Waals surface area contributed by atoms with Crippen LogP contribution in [0.5, 0.6) is 0 Å². The van der Waals surface area contributed by atoms with Gasteiger partial charge in [0.2, 0.25) is 0 Å². The van der Waals surface area contributed by atoms with Crippen LogP contribution < -0.4 is 0 Å². The summed E-state index contributed by atoms with van der Waals surface area (Å²) in [5, 5.41) is 20.6. The first-order chi connectivity index (χ1) is 26.5. The number of carbonyl (C=O) groups excluding carboxylic acids is 3. The summed E-state index contributed by atoms with van der Waals surface area (Å²) in [6.45, 7) is 3.20. The smallest absolute Gasteiger partial charge is 0.462 e. The number of ketones is 1. The number of unbranched alkanes of at least 4 members (excludes halogenated alkanes) is 7. The van der Waals surface area contributed by atoms with Crippen LogP contribution in [0.4, 0.5) is 0 Å². The van der Waals surface area contributed by atoms with E-state index in [1.165, 1.54) is 0 Å². The van der Waals surface area contributed by atoms with Gasteiger partial charge in [-0.1, -0.05) is 119 Å². The molecule has 1 fully saturated rings. The standard InChI is InChI=1S/C43H69O11P/c1-3-5-7-8-9-10-11-12-13-14-15-16-17-18-19-20-26-30-43(48)54-37(35-53-55(49,50)51)34-52-42(47)29-25-22-21-24-28-38-39(41(46)33-40(38)45)32-31-36(44)27-23-6-4-2/h5,7,9-10,12-13,15-16,21,24,31-32,36-40,44-45H,3-4,6,8,11,14,17-20,22-23,25-30,33-35H2,1-2H3,(H2,49,50,51)/b7-5-,10-9-,13-12-,16-15-,24-21-,32-31+/t36-,37+,38+,39+,40-/m0/s1. The van der Waals surface area contributed by atoms with Crippen molar-refractivity contribution < 1.29 is 52.9 Å². The fourth-order valence-corrected chi connectivity index (χ4v) is 6.35. The van der Waals surface area contributed by atoms with Crippen molar-refractivity contribution in [3.63, 3.8) is 0 Å². The van der Waals surface area contributed by atoms with Gasteiger partial charge in [0.1, 0.15) is 12.4 Å². The number of aliphatic hydroxyl groups excluding tert-OH is 2. The fourth-order valence-electron chi connectivity index (χ4n) is 5.99. The first kappa shape index (κ1) is 50.1. The number of Topliss-reactive ketones (excluding diaryl/α,β-unsaturated/α-hetero) is 1. The van der Waals surface area contributed by atoms with Gasteiger partial charge < -0.3 is 29.5 Å². The zero-order chi connectivity index (χ0) is 40.6. The predicted molar refractivity (Wildman–Crippen MR) is 217 cm³/mol. The number of ether oxygens (including phenoxy) is 2. The van der Waals surface area contributed by atoms with E-state index in [1.54, 1.807) is 12.2 Å². The molecule has 0 aromatic heterocycles. The first-order valence-electron chi connectivity index (χ1n) is 20.3. The van der Waals surface area contributed by atoms with E-state index in [2.05, 4.69) is 67.0 Å². The van der Waals surface area contributed by atoms with Crippen molar-refractivity contribution in [1.82, 2.24) is 0 Å². The number of aliphatic hydroxyl groups is 2. The van der Waals surface area contributed by atoms with Crippen molar-refractivity contribution in [2.75, 3.05) is 13.2 Å². The minimum atomic E-state index is -4.83. The minimum absolute atomic E-state index is 0.0370. The second-order valence-electron chi connectivity index (χ2n) is 14.0. The van der Waals surface area contributed by atoms with Gasteiger partial charge in [-0.25, -0.2) is 4.57 Å². The highest BCUT2D eigenvalue weighted by Gasteiger charge is 2.39. The molecular weight excluding hydrogens is 723 g/mol. The highest BCUT2D eigenvalue weighted by molar-refractivity contribution is 7.46. The zero-order valence-electron chi connectivity index (χ0n) is 33.3. The molecule has 0 unspecified atom stereocenters. The lowest BCUT2D eigenvalue weighted by atomic mass is 9.90. The Hall–Kier alpha value is -2.92. The predicted octanol–water partition coefficient (Wildman–Crippen LogP) is 8.88. The van der Waals surface area contributed by atoms with E-state index in [4.69, 9.17) is 19.3 Å². The van der Waals surface area contributed by atoms with Gasteiger partial charge in [0.15, 0.2) is 6.10 Å². The van der Waals surface area contributed by atoms with Gasteiger partial charge in [-0.3, -0.25) is 18.9 Å². The van der Waals surface area contributed by atoms with Crippen molar-refractivity contribution in [3.8, 4) is 0 Å². The number of hydrogen-bond acceptors (Lipinski definition) is 9. The van der Waals surface area contributed by atoms with Crippen molar-refractivity contribution in [3.05, 3.63) is 72.9 Å². The third-order valence-corrected chi connectivity index (χ3v) is 9.57. The van der Waals surface area contributed by atoms with Crippen LogP contribution in [0.3, 0.4) is 0 Å². The molecule has 1 aliphatic carbocycles. The number of esters is 2. The van der Waals surface area contributed by atoms with Crippen LogP contribution in [0.25, 0.3) is 0 Å². The molecule has 1 saturated carbocycles. The summed E-state index contributed by atoms with van der Waals surface area (Å²) in [4.78, 5) is 55.5. The second-order valence-corrected chi connectivity index (χ2v) is 15.2. The van der Waals surface area contributed by atoms with Gasteiger partial charge in [0.05, 0.1) is 18.8 Å². The maximum atomic E-state index is 12.4. The second kappa shape index (κ2) is 32.2. The molecule has 0 radical (unpaired) electrons. The van der Waals surface area contributed by atoms with Gasteiger partial charge in [-0.05, 0) is 70.6 Å². The molecule has 0 aliphatic heterocycles. The van der Waals surface area contributed by atoms with Crippen molar-refractivity contribution in [2.45, 2.75) is 154 Å². The first-order valence-corrected chi connectivity index (χ1v) is 21.9. The number of rotatable bonds is 32. The lowest BCUT2D eigenvalue weighted by Gasteiger charge is -2.18. The summed E-state index contributed by atoms with van der Waals surface area (Å²) in [6.07, 6.45) is 35.6. The molecule has 0 aromatic rings. The number of allylic oxidation sites excluding steroid dienone is 11. The quantitative estimate of drug-likeness (QED) is 0.0221. The van der Waals surface area contributed by atoms with E-state index in [9.17, 15) is 29.2 Å². The third kappa shape index (κ3) is 28.2. The van der Waals surface area contributed by atoms with Crippen LogP contribution in [-0.2, 0) is 32.9 Å². The number of carbonyl (C=O) groups is 3. The molecular formula is C43H69O11P. The third-order valence-electron chi connectivity index (χ3n) is 9.09. The van der Waals surface area contributed by atoms with E-state index >= 15 is 0 Å². The largest absolute Gasteiger partial charge is 0.469 e. The average Bonchev–Trinajstić information content (AvgIpc) is 3.41. The summed E-state index contributed by atoms with van der Waals surface area (Å²) in [7, 11) is -4.83. The Bertz CT molecular complexity index is 1280. The molecule has 0 amide bonds. The van der Waals surface area contributed by atoms with Gasteiger partial charge >= 0.3 is 19.8 Å². The van der Waals surface area contributed by atoms with Crippen LogP contribution >= 0.6 is 7.82 Å². The Kier molecular flexibility index (Phi) is 29.3. The van der Waals surface area contributed by atoms with Crippen LogP contribution in [0.1, 0.15) is 136 Å². The summed E-state index contributed by atoms with van der Waals surface area (Å²) in [5.74, 6) is -1.87. The van der Waals surface area contributed by atoms with Crippen LogP contribution in [0, 0.1) is 11.8 Å². The monoisotopic (exact) mass is 792 g/mol. The molecule has 5 atom stereocenters. The summed E-state index contributed by atoms with van der Waals surface area (Å²) in [5.41, 5.74) is 0. The summed E-state index contributed by atoms with van der Waals surface area (Å²) < 4.78 is 26.3. The molecule has 0 aromatic carbocycles. The lowest BCUT2D eigenvalue weighted by molar-refractivity contribution is -0.161. The van der Waals surface area contributed by atoms with Crippen molar-refractivity contribution in [1.29, 1.82) is 0 Å². The normalized spacial score (nSPS) is 19.3. The van der Waals surface area contributed by atoms with E-state index < -0.39 is 57.2 Å².